The van der Waals surface area contributed by atoms with E-state index in [0.717, 1.165) is 43.5 Å². The highest BCUT2D eigenvalue weighted by atomic mass is 19.4. The van der Waals surface area contributed by atoms with Gasteiger partial charge in [-0.1, -0.05) is 12.1 Å². The quantitative estimate of drug-likeness (QED) is 0.726. The second-order valence-corrected chi connectivity index (χ2v) is 7.16. The second-order valence-electron chi connectivity index (χ2n) is 7.16. The number of carbonyl (C=O) groups excluding carboxylic acids is 1. The van der Waals surface area contributed by atoms with Gasteiger partial charge in [-0.15, -0.1) is 0 Å². The monoisotopic (exact) mass is 383 g/mol. The molecule has 148 valence electrons. The van der Waals surface area contributed by atoms with E-state index in [9.17, 15) is 18.0 Å². The minimum Gasteiger partial charge on any atom is -0.501 e. The lowest BCUT2D eigenvalue weighted by Crippen LogP contribution is -2.38. The van der Waals surface area contributed by atoms with E-state index in [0.29, 0.717) is 18.6 Å². The van der Waals surface area contributed by atoms with E-state index >= 15 is 0 Å². The molecule has 0 aliphatic carbocycles. The Morgan fingerprint density at radius 1 is 1.26 bits per heavy atom. The summed E-state index contributed by atoms with van der Waals surface area (Å²) < 4.78 is 49.1. The van der Waals surface area contributed by atoms with Crippen molar-refractivity contribution in [2.75, 3.05) is 26.8 Å². The highest BCUT2D eigenvalue weighted by Crippen LogP contribution is 2.37. The van der Waals surface area contributed by atoms with Gasteiger partial charge < -0.3 is 9.47 Å². The third-order valence-electron chi connectivity index (χ3n) is 5.21. The van der Waals surface area contributed by atoms with E-state index in [2.05, 4.69) is 4.90 Å². The average molecular weight is 383 g/mol. The Kier molecular flexibility index (Phi) is 6.09. The van der Waals surface area contributed by atoms with Crippen molar-refractivity contribution in [2.45, 2.75) is 37.9 Å². The predicted molar refractivity (Wildman–Crippen MR) is 93.8 cm³/mol. The number of hydrogen-bond donors (Lipinski definition) is 0. The van der Waals surface area contributed by atoms with Crippen molar-refractivity contribution in [2.24, 2.45) is 5.92 Å². The molecular weight excluding hydrogens is 359 g/mol. The molecule has 3 rings (SSSR count). The van der Waals surface area contributed by atoms with Crippen LogP contribution in [0.5, 0.6) is 0 Å². The summed E-state index contributed by atoms with van der Waals surface area (Å²) in [5.41, 5.74) is 0.694. The van der Waals surface area contributed by atoms with Crippen LogP contribution in [0.1, 0.15) is 42.9 Å². The van der Waals surface area contributed by atoms with Gasteiger partial charge >= 0.3 is 12.1 Å². The normalized spacial score (nSPS) is 24.1. The molecule has 2 aliphatic heterocycles. The zero-order valence-electron chi connectivity index (χ0n) is 15.3. The van der Waals surface area contributed by atoms with Crippen LogP contribution in [-0.2, 0) is 20.4 Å². The van der Waals surface area contributed by atoms with Crippen LogP contribution in [-0.4, -0.2) is 37.7 Å². The van der Waals surface area contributed by atoms with E-state index in [1.165, 1.54) is 18.4 Å². The number of piperidine rings is 1. The second kappa shape index (κ2) is 8.33. The summed E-state index contributed by atoms with van der Waals surface area (Å²) >= 11 is 0. The molecular formula is C20H24F3NO3. The molecule has 0 spiro atoms. The largest absolute Gasteiger partial charge is 0.501 e. The minimum atomic E-state index is -4.35. The molecule has 1 aromatic rings. The molecule has 0 amide bonds. The molecule has 1 aromatic carbocycles. The first-order chi connectivity index (χ1) is 12.9. The summed E-state index contributed by atoms with van der Waals surface area (Å²) in [5, 5.41) is 0. The number of halogens is 3. The fraction of sp³-hybridized carbons (Fsp3) is 0.550. The van der Waals surface area contributed by atoms with E-state index < -0.39 is 11.7 Å². The van der Waals surface area contributed by atoms with Gasteiger partial charge in [0.2, 0.25) is 0 Å². The Hall–Kier alpha value is -2.02. The summed E-state index contributed by atoms with van der Waals surface area (Å²) in [6.45, 7) is 1.71. The smallest absolute Gasteiger partial charge is 0.416 e. The van der Waals surface area contributed by atoms with Crippen LogP contribution in [0.4, 0.5) is 13.2 Å². The molecule has 2 atom stereocenters. The zero-order chi connectivity index (χ0) is 19.4. The van der Waals surface area contributed by atoms with Crippen molar-refractivity contribution in [1.82, 2.24) is 4.90 Å². The average Bonchev–Trinajstić information content (AvgIpc) is 2.66. The van der Waals surface area contributed by atoms with Gasteiger partial charge in [0.25, 0.3) is 0 Å². The van der Waals surface area contributed by atoms with Gasteiger partial charge in [0, 0.05) is 12.0 Å². The van der Waals surface area contributed by atoms with Gasteiger partial charge in [-0.3, -0.25) is 4.90 Å². The molecule has 0 N–H and O–H groups in total. The van der Waals surface area contributed by atoms with Crippen LogP contribution in [0.15, 0.2) is 36.1 Å². The summed E-state index contributed by atoms with van der Waals surface area (Å²) in [6.07, 6.45) is 0.376. The number of benzene rings is 1. The standard InChI is InChI=1S/C20H24F3NO3/c1-24-10-2-4-15(13-27-19(25)16-5-3-11-26-12-16)18(24)14-6-8-17(9-7-14)20(21,22)23/h6-9,12,15,18H,2-5,10-11,13H2,1H3/t15-,18+/m0/s1. The molecule has 0 radical (unpaired) electrons. The lowest BCUT2D eigenvalue weighted by molar-refractivity contribution is -0.142. The topological polar surface area (TPSA) is 38.8 Å². The lowest BCUT2D eigenvalue weighted by atomic mass is 9.85. The van der Waals surface area contributed by atoms with E-state index in [-0.39, 0.29) is 24.5 Å². The SMILES string of the molecule is CN1CCC[C@@H](COC(=O)C2=COCCC2)[C@H]1c1ccc(C(F)(F)F)cc1. The Morgan fingerprint density at radius 2 is 2.00 bits per heavy atom. The van der Waals surface area contributed by atoms with Gasteiger partial charge in [-0.05, 0) is 57.0 Å². The first-order valence-electron chi connectivity index (χ1n) is 9.21. The van der Waals surface area contributed by atoms with Crippen LogP contribution >= 0.6 is 0 Å². The van der Waals surface area contributed by atoms with Crippen molar-refractivity contribution in [1.29, 1.82) is 0 Å². The van der Waals surface area contributed by atoms with Gasteiger partial charge in [-0.2, -0.15) is 13.2 Å². The van der Waals surface area contributed by atoms with Crippen LogP contribution < -0.4 is 0 Å². The van der Waals surface area contributed by atoms with Gasteiger partial charge in [0.1, 0.15) is 0 Å². The van der Waals surface area contributed by atoms with E-state index in [1.54, 1.807) is 0 Å². The Balaban J connectivity index is 1.69. The number of esters is 1. The minimum absolute atomic E-state index is 0.0366. The van der Waals surface area contributed by atoms with Gasteiger partial charge in [0.05, 0.1) is 30.6 Å². The van der Waals surface area contributed by atoms with Crippen molar-refractivity contribution < 1.29 is 27.4 Å². The summed E-state index contributed by atoms with van der Waals surface area (Å²) in [6, 6.07) is 5.21. The maximum absolute atomic E-state index is 12.8. The van der Waals surface area contributed by atoms with Crippen LogP contribution in [0.25, 0.3) is 0 Å². The Labute approximate surface area is 156 Å². The molecule has 2 heterocycles. The van der Waals surface area contributed by atoms with E-state index in [1.807, 2.05) is 7.05 Å². The fourth-order valence-corrected chi connectivity index (χ4v) is 3.82. The molecule has 1 fully saturated rings. The molecule has 27 heavy (non-hydrogen) atoms. The summed E-state index contributed by atoms with van der Waals surface area (Å²) in [4.78, 5) is 14.3. The van der Waals surface area contributed by atoms with Crippen LogP contribution in [0.2, 0.25) is 0 Å². The Bertz CT molecular complexity index is 685. The maximum Gasteiger partial charge on any atom is 0.416 e. The molecule has 2 aliphatic rings. The van der Waals surface area contributed by atoms with Gasteiger partial charge in [0.15, 0.2) is 0 Å². The molecule has 0 bridgehead atoms. The number of nitrogens with zero attached hydrogens (tertiary/aromatic N) is 1. The number of ether oxygens (including phenoxy) is 2. The van der Waals surface area contributed by atoms with E-state index in [4.69, 9.17) is 9.47 Å². The van der Waals surface area contributed by atoms with Crippen molar-refractivity contribution in [3.05, 3.63) is 47.2 Å². The lowest BCUT2D eigenvalue weighted by Gasteiger charge is -2.39. The molecule has 7 heteroatoms. The molecule has 0 unspecified atom stereocenters. The predicted octanol–water partition coefficient (Wildman–Crippen LogP) is 4.33. The number of hydrogen-bond acceptors (Lipinski definition) is 4. The molecule has 1 saturated heterocycles. The Morgan fingerprint density at radius 3 is 2.63 bits per heavy atom. The molecule has 0 saturated carbocycles. The van der Waals surface area contributed by atoms with Crippen molar-refractivity contribution >= 4 is 5.97 Å². The fourth-order valence-electron chi connectivity index (χ4n) is 3.82. The maximum atomic E-state index is 12.8. The van der Waals surface area contributed by atoms with Crippen LogP contribution in [0, 0.1) is 5.92 Å². The third-order valence-corrected chi connectivity index (χ3v) is 5.21. The van der Waals surface area contributed by atoms with Crippen molar-refractivity contribution in [3.8, 4) is 0 Å². The number of carbonyl (C=O) groups is 1. The van der Waals surface area contributed by atoms with Crippen LogP contribution in [0.3, 0.4) is 0 Å². The molecule has 4 nitrogen and oxygen atoms in total. The number of likely N-dealkylation sites (tertiary alicyclic amines) is 1. The number of alkyl halides is 3. The van der Waals surface area contributed by atoms with Gasteiger partial charge in [-0.25, -0.2) is 4.79 Å². The highest BCUT2D eigenvalue weighted by Gasteiger charge is 2.34. The zero-order valence-corrected chi connectivity index (χ0v) is 15.3. The molecule has 0 aromatic heterocycles. The summed E-state index contributed by atoms with van der Waals surface area (Å²) in [5.74, 6) is -0.330. The first-order valence-corrected chi connectivity index (χ1v) is 9.21. The first kappa shape index (κ1) is 19.7. The third kappa shape index (κ3) is 4.83. The summed E-state index contributed by atoms with van der Waals surface area (Å²) in [7, 11) is 1.95. The highest BCUT2D eigenvalue weighted by molar-refractivity contribution is 5.88. The van der Waals surface area contributed by atoms with Crippen molar-refractivity contribution in [3.63, 3.8) is 0 Å². The number of rotatable bonds is 4.